The monoisotopic (exact) mass is 1080 g/mol. The molecule has 0 bridgehead atoms. The third-order valence-electron chi connectivity index (χ3n) is 11.6. The number of pyridine rings is 3. The van der Waals surface area contributed by atoms with Crippen molar-refractivity contribution < 1.29 is 21.5 Å². The summed E-state index contributed by atoms with van der Waals surface area (Å²) in [6.45, 7) is 8.18. The number of aromatic nitrogens is 5. The van der Waals surface area contributed by atoms with Crippen molar-refractivity contribution in [3.05, 3.63) is 193 Å². The summed E-state index contributed by atoms with van der Waals surface area (Å²) in [5, 5.41) is 2.38. The first-order valence-electron chi connectivity index (χ1n) is 21.6. The van der Waals surface area contributed by atoms with Crippen LogP contribution in [-0.4, -0.2) is 37.8 Å². The first kappa shape index (κ1) is 42.7. The van der Waals surface area contributed by atoms with E-state index in [4.69, 9.17) is 19.9 Å². The molecule has 0 fully saturated rings. The second-order valence-electron chi connectivity index (χ2n) is 16.9. The summed E-state index contributed by atoms with van der Waals surface area (Å²) in [6, 6.07) is 58.8. The van der Waals surface area contributed by atoms with Crippen LogP contribution in [0.25, 0.3) is 70.8 Å². The van der Waals surface area contributed by atoms with Gasteiger partial charge in [0.1, 0.15) is 4.83 Å². The molecule has 5 nitrogen and oxygen atoms in total. The average molecular weight is 1080 g/mol. The van der Waals surface area contributed by atoms with Gasteiger partial charge in [0.15, 0.2) is 0 Å². The maximum absolute atomic E-state index is 9.41. The van der Waals surface area contributed by atoms with Gasteiger partial charge in [-0.05, 0) is 58.5 Å². The van der Waals surface area contributed by atoms with E-state index in [0.29, 0.717) is 0 Å². The summed E-state index contributed by atoms with van der Waals surface area (Å²) in [7, 11) is 0. The van der Waals surface area contributed by atoms with Crippen LogP contribution in [0.5, 0.6) is 0 Å². The number of para-hydroxylation sites is 2. The minimum atomic E-state index is -2.23. The Hall–Kier alpha value is -5.57. The summed E-state index contributed by atoms with van der Waals surface area (Å²) in [5.41, 5.74) is 12.4. The molecule has 5 aromatic carbocycles. The van der Waals surface area contributed by atoms with Crippen LogP contribution in [0.2, 0.25) is 17.3 Å². The molecule has 5 aromatic heterocycles. The van der Waals surface area contributed by atoms with Gasteiger partial charge in [0.05, 0.1) is 16.9 Å². The van der Waals surface area contributed by atoms with Crippen LogP contribution in [0, 0.1) is 26.0 Å². The first-order chi connectivity index (χ1) is 30.4. The van der Waals surface area contributed by atoms with Crippen molar-refractivity contribution in [2.24, 2.45) is 0 Å². The van der Waals surface area contributed by atoms with E-state index in [1.807, 2.05) is 87.6 Å². The maximum atomic E-state index is 9.41. The SMILES string of the molecule is Cc1ccc2c(n1)sc1c(-c3nc4ccccc4n3-c3cccc(-c4ccccc4)c3)[c-]ccc12.[2H]C(C)(c1cc(-c2[c-]cccc2)nc[c]1[Ge]([CH3])([CH3])[CH3])C(C)c1cccc(C)n1.[Ir]. The van der Waals surface area contributed by atoms with E-state index in [2.05, 4.69) is 132 Å². The summed E-state index contributed by atoms with van der Waals surface area (Å²) in [4.78, 5) is 20.4. The number of thiophene rings is 1. The maximum Gasteiger partial charge on any atom is 0 e. The van der Waals surface area contributed by atoms with Crippen LogP contribution in [0.3, 0.4) is 0 Å². The van der Waals surface area contributed by atoms with Gasteiger partial charge in [-0.2, -0.15) is 11.3 Å². The summed E-state index contributed by atoms with van der Waals surface area (Å²) >= 11 is -0.518. The fourth-order valence-corrected chi connectivity index (χ4v) is 12.6. The molecule has 0 aliphatic heterocycles. The van der Waals surface area contributed by atoms with Gasteiger partial charge in [-0.25, -0.2) is 4.98 Å². The summed E-state index contributed by atoms with van der Waals surface area (Å²) in [5.74, 6) is 7.14. The Balaban J connectivity index is 0.000000177. The number of rotatable bonds is 8. The van der Waals surface area contributed by atoms with E-state index >= 15 is 0 Å². The third kappa shape index (κ3) is 9.12. The Morgan fingerprint density at radius 3 is 2.21 bits per heavy atom. The van der Waals surface area contributed by atoms with Crippen LogP contribution in [0.1, 0.15) is 49.7 Å². The number of aryl methyl sites for hydroxylation is 2. The standard InChI is InChI=1S/C31H20N3S.C24H29GeN2.Ir/c1-20-17-18-25-24-13-8-14-26(29(24)35-31(25)32-20)30-33-27-15-5-6-16-28(27)34(30)23-12-7-11-22(19-23)21-9-3-2-4-10-21;1-17-11-10-14-23(27-17)19(3)18(2)21-15-24(20-12-8-7-9-13-20)26-16-22(21)25(4,5)6;/h2-13,15-19H,1H3;7-12,14-16,18-19H,1-6H3;/q2*-1;/i;18D;. The Bertz CT molecular complexity index is 3250. The van der Waals surface area contributed by atoms with Crippen molar-refractivity contribution in [2.45, 2.75) is 56.8 Å². The molecule has 8 heteroatoms. The van der Waals surface area contributed by atoms with Crippen molar-refractivity contribution in [2.75, 3.05) is 0 Å². The van der Waals surface area contributed by atoms with Gasteiger partial charge < -0.3 is 4.57 Å². The van der Waals surface area contributed by atoms with Crippen LogP contribution in [0.15, 0.2) is 158 Å². The van der Waals surface area contributed by atoms with Gasteiger partial charge >= 0.3 is 168 Å². The van der Waals surface area contributed by atoms with Crippen molar-refractivity contribution in [3.8, 4) is 39.5 Å². The zero-order chi connectivity index (χ0) is 43.9. The number of benzene rings is 5. The molecule has 0 amide bonds. The average Bonchev–Trinajstić information content (AvgIpc) is 3.87. The molecule has 10 rings (SSSR count). The van der Waals surface area contributed by atoms with Crippen LogP contribution in [0.4, 0.5) is 0 Å². The quantitative estimate of drug-likeness (QED) is 0.112. The normalized spacial score (nSPS) is 13.2. The molecule has 0 spiro atoms. The van der Waals surface area contributed by atoms with Gasteiger partial charge in [0.25, 0.3) is 0 Å². The Morgan fingerprint density at radius 1 is 0.683 bits per heavy atom. The van der Waals surface area contributed by atoms with E-state index in [0.717, 1.165) is 71.5 Å². The Morgan fingerprint density at radius 2 is 1.43 bits per heavy atom. The molecule has 2 atom stereocenters. The first-order valence-corrected chi connectivity index (χ1v) is 29.3. The largest absolute Gasteiger partial charge is 0 e. The van der Waals surface area contributed by atoms with Gasteiger partial charge in [-0.3, -0.25) is 4.98 Å². The number of hydrogen-bond acceptors (Lipinski definition) is 5. The molecule has 0 aliphatic carbocycles. The van der Waals surface area contributed by atoms with Crippen LogP contribution < -0.4 is 4.40 Å². The number of imidazole rings is 1. The van der Waals surface area contributed by atoms with E-state index in [9.17, 15) is 1.37 Å². The number of fused-ring (bicyclic) bond motifs is 4. The topological polar surface area (TPSA) is 56.5 Å². The van der Waals surface area contributed by atoms with Gasteiger partial charge in [-0.1, -0.05) is 71.6 Å². The predicted octanol–water partition coefficient (Wildman–Crippen LogP) is 13.9. The molecule has 1 radical (unpaired) electrons. The van der Waals surface area contributed by atoms with Gasteiger partial charge in [0, 0.05) is 31.5 Å². The zero-order valence-corrected chi connectivity index (χ0v) is 41.9. The number of nitrogens with zero attached hydrogens (tertiary/aromatic N) is 5. The molecule has 10 aromatic rings. The van der Waals surface area contributed by atoms with Gasteiger partial charge in [-0.15, -0.1) is 18.2 Å². The fraction of sp³-hybridized carbons (Fsp3) is 0.164. The summed E-state index contributed by atoms with van der Waals surface area (Å²) < 4.78 is 14.1. The van der Waals surface area contributed by atoms with Crippen molar-refractivity contribution in [1.82, 2.24) is 24.5 Å². The Labute approximate surface area is 392 Å². The van der Waals surface area contributed by atoms with Crippen LogP contribution in [-0.2, 0) is 20.1 Å². The van der Waals surface area contributed by atoms with E-state index in [1.54, 1.807) is 11.3 Å². The molecule has 0 saturated carbocycles. The molecule has 315 valence electrons. The molecule has 5 heterocycles. The molecular weight excluding hydrogens is 1030 g/mol. The molecule has 0 saturated heterocycles. The third-order valence-corrected chi connectivity index (χ3v) is 16.9. The van der Waals surface area contributed by atoms with E-state index in [1.165, 1.54) is 26.3 Å². The van der Waals surface area contributed by atoms with Crippen molar-refractivity contribution in [1.29, 1.82) is 0 Å². The van der Waals surface area contributed by atoms with Crippen molar-refractivity contribution >= 4 is 60.3 Å². The number of hydrogen-bond donors (Lipinski definition) is 0. The minimum Gasteiger partial charge on any atom is 0 e. The second-order valence-corrected chi connectivity index (χ2v) is 28.5. The molecular formula is C55H49GeIrN5S-2. The fourth-order valence-electron chi connectivity index (χ4n) is 8.13. The molecule has 2 unspecified atom stereocenters. The van der Waals surface area contributed by atoms with Gasteiger partial charge in [0.2, 0.25) is 0 Å². The molecule has 63 heavy (non-hydrogen) atoms. The van der Waals surface area contributed by atoms with E-state index < -0.39 is 19.2 Å². The Kier molecular flexibility index (Phi) is 12.6. The zero-order valence-electron chi connectivity index (χ0n) is 37.6. The minimum absolute atomic E-state index is 0. The van der Waals surface area contributed by atoms with Crippen molar-refractivity contribution in [3.63, 3.8) is 0 Å². The smallest absolute Gasteiger partial charge is 0 e. The van der Waals surface area contributed by atoms with E-state index in [-0.39, 0.29) is 26.0 Å². The second kappa shape index (κ2) is 18.6. The molecule has 0 aliphatic rings. The molecule has 0 N–H and O–H groups in total. The van der Waals surface area contributed by atoms with Crippen LogP contribution >= 0.6 is 11.3 Å². The summed E-state index contributed by atoms with van der Waals surface area (Å²) in [6.07, 6.45) is 2.02. The predicted molar refractivity (Wildman–Crippen MR) is 263 cm³/mol.